The van der Waals surface area contributed by atoms with E-state index in [2.05, 4.69) is 10.6 Å². The molecular weight excluding hydrogens is 244 g/mol. The van der Waals surface area contributed by atoms with Crippen LogP contribution in [-0.2, 0) is 9.53 Å². The Morgan fingerprint density at radius 3 is 3.05 bits per heavy atom. The Bertz CT molecular complexity index is 478. The van der Waals surface area contributed by atoms with Crippen molar-refractivity contribution in [2.24, 2.45) is 0 Å². The van der Waals surface area contributed by atoms with Crippen LogP contribution in [0, 0.1) is 0 Å². The standard InChI is InChI=1S/C14H18N2O3/c1-9-10(6-7-18-9)16-14(17)13-8-15-11-4-2-3-5-12(11)19-13/h2-5,9-10,13,15H,6-8H2,1H3,(H,16,17). The van der Waals surface area contributed by atoms with Crippen molar-refractivity contribution >= 4 is 11.6 Å². The van der Waals surface area contributed by atoms with Crippen molar-refractivity contribution in [3.63, 3.8) is 0 Å². The number of fused-ring (bicyclic) bond motifs is 1. The number of ether oxygens (including phenoxy) is 2. The highest BCUT2D eigenvalue weighted by Gasteiger charge is 2.31. The van der Waals surface area contributed by atoms with Crippen LogP contribution in [0.2, 0.25) is 0 Å². The van der Waals surface area contributed by atoms with Gasteiger partial charge in [-0.3, -0.25) is 4.79 Å². The van der Waals surface area contributed by atoms with E-state index in [1.165, 1.54) is 0 Å². The lowest BCUT2D eigenvalue weighted by Gasteiger charge is -2.28. The van der Waals surface area contributed by atoms with Gasteiger partial charge in [-0.2, -0.15) is 0 Å². The summed E-state index contributed by atoms with van der Waals surface area (Å²) in [6, 6.07) is 7.73. The monoisotopic (exact) mass is 262 g/mol. The lowest BCUT2D eigenvalue weighted by Crippen LogP contribution is -2.49. The summed E-state index contributed by atoms with van der Waals surface area (Å²) in [5.74, 6) is 0.647. The first-order valence-corrected chi connectivity index (χ1v) is 6.65. The summed E-state index contributed by atoms with van der Waals surface area (Å²) in [6.45, 7) is 3.18. The first-order chi connectivity index (χ1) is 9.24. The minimum Gasteiger partial charge on any atom is -0.477 e. The Morgan fingerprint density at radius 1 is 1.42 bits per heavy atom. The van der Waals surface area contributed by atoms with Crippen LogP contribution in [0.25, 0.3) is 0 Å². The number of nitrogens with one attached hydrogen (secondary N) is 2. The van der Waals surface area contributed by atoms with Crippen molar-refractivity contribution in [2.75, 3.05) is 18.5 Å². The zero-order chi connectivity index (χ0) is 13.2. The third kappa shape index (κ3) is 2.51. The number of para-hydroxylation sites is 2. The molecule has 2 aliphatic rings. The van der Waals surface area contributed by atoms with Crippen LogP contribution >= 0.6 is 0 Å². The highest BCUT2D eigenvalue weighted by Crippen LogP contribution is 2.28. The summed E-state index contributed by atoms with van der Waals surface area (Å²) >= 11 is 0. The van der Waals surface area contributed by atoms with Crippen molar-refractivity contribution in [3.8, 4) is 5.75 Å². The molecule has 1 amide bonds. The Kier molecular flexibility index (Phi) is 3.29. The van der Waals surface area contributed by atoms with Crippen LogP contribution < -0.4 is 15.4 Å². The first kappa shape index (κ1) is 12.3. The van der Waals surface area contributed by atoms with Crippen molar-refractivity contribution in [2.45, 2.75) is 31.6 Å². The number of carbonyl (C=O) groups is 1. The van der Waals surface area contributed by atoms with Gasteiger partial charge in [-0.25, -0.2) is 0 Å². The number of carbonyl (C=O) groups excluding carboxylic acids is 1. The molecule has 3 atom stereocenters. The maximum absolute atomic E-state index is 12.2. The van der Waals surface area contributed by atoms with Gasteiger partial charge in [0.1, 0.15) is 5.75 Å². The van der Waals surface area contributed by atoms with Gasteiger partial charge in [0.05, 0.1) is 24.4 Å². The van der Waals surface area contributed by atoms with E-state index in [1.807, 2.05) is 31.2 Å². The maximum atomic E-state index is 12.2. The predicted octanol–water partition coefficient (Wildman–Crippen LogP) is 1.15. The molecule has 19 heavy (non-hydrogen) atoms. The van der Waals surface area contributed by atoms with Crippen LogP contribution in [0.3, 0.4) is 0 Å². The summed E-state index contributed by atoms with van der Waals surface area (Å²) in [5.41, 5.74) is 0.934. The number of rotatable bonds is 2. The number of anilines is 1. The van der Waals surface area contributed by atoms with Gasteiger partial charge in [0.15, 0.2) is 6.10 Å². The number of hydrogen-bond acceptors (Lipinski definition) is 4. The molecule has 102 valence electrons. The van der Waals surface area contributed by atoms with E-state index in [9.17, 15) is 4.79 Å². The molecule has 0 radical (unpaired) electrons. The summed E-state index contributed by atoms with van der Waals surface area (Å²) in [6.07, 6.45) is 0.458. The molecule has 1 saturated heterocycles. The quantitative estimate of drug-likeness (QED) is 0.839. The van der Waals surface area contributed by atoms with E-state index in [0.29, 0.717) is 13.2 Å². The summed E-state index contributed by atoms with van der Waals surface area (Å²) < 4.78 is 11.2. The Hall–Kier alpha value is -1.75. The topological polar surface area (TPSA) is 59.6 Å². The van der Waals surface area contributed by atoms with Crippen LogP contribution in [0.4, 0.5) is 5.69 Å². The van der Waals surface area contributed by atoms with Gasteiger partial charge >= 0.3 is 0 Å². The molecule has 0 saturated carbocycles. The highest BCUT2D eigenvalue weighted by molar-refractivity contribution is 5.83. The van der Waals surface area contributed by atoms with E-state index in [-0.39, 0.29) is 18.1 Å². The minimum atomic E-state index is -0.484. The summed E-state index contributed by atoms with van der Waals surface area (Å²) in [7, 11) is 0. The van der Waals surface area contributed by atoms with Gasteiger partial charge in [0.25, 0.3) is 5.91 Å². The molecule has 5 nitrogen and oxygen atoms in total. The zero-order valence-corrected chi connectivity index (χ0v) is 10.9. The molecule has 0 bridgehead atoms. The molecule has 2 aliphatic heterocycles. The van der Waals surface area contributed by atoms with Crippen LogP contribution in [0.15, 0.2) is 24.3 Å². The number of hydrogen-bond donors (Lipinski definition) is 2. The van der Waals surface area contributed by atoms with E-state index >= 15 is 0 Å². The molecule has 3 rings (SSSR count). The normalized spacial score (nSPS) is 29.0. The summed E-state index contributed by atoms with van der Waals surface area (Å²) in [5, 5.41) is 6.21. The van der Waals surface area contributed by atoms with Crippen LogP contribution in [-0.4, -0.2) is 37.3 Å². The molecule has 0 aromatic heterocycles. The number of benzene rings is 1. The minimum absolute atomic E-state index is 0.0767. The molecule has 2 heterocycles. The second-order valence-electron chi connectivity index (χ2n) is 4.96. The number of amides is 1. The van der Waals surface area contributed by atoms with Gasteiger partial charge in [-0.15, -0.1) is 0 Å². The smallest absolute Gasteiger partial charge is 0.263 e. The van der Waals surface area contributed by atoms with E-state index < -0.39 is 6.10 Å². The summed E-state index contributed by atoms with van der Waals surface area (Å²) in [4.78, 5) is 12.2. The largest absolute Gasteiger partial charge is 0.477 e. The van der Waals surface area contributed by atoms with E-state index in [0.717, 1.165) is 17.9 Å². The molecule has 3 unspecified atom stereocenters. The Balaban J connectivity index is 1.63. The highest BCUT2D eigenvalue weighted by atomic mass is 16.5. The van der Waals surface area contributed by atoms with Crippen molar-refractivity contribution < 1.29 is 14.3 Å². The van der Waals surface area contributed by atoms with E-state index in [4.69, 9.17) is 9.47 Å². The third-order valence-corrected chi connectivity index (χ3v) is 3.63. The molecule has 1 fully saturated rings. The fraction of sp³-hybridized carbons (Fsp3) is 0.500. The lowest BCUT2D eigenvalue weighted by atomic mass is 10.1. The maximum Gasteiger partial charge on any atom is 0.263 e. The van der Waals surface area contributed by atoms with Gasteiger partial charge in [0.2, 0.25) is 0 Å². The van der Waals surface area contributed by atoms with E-state index in [1.54, 1.807) is 0 Å². The van der Waals surface area contributed by atoms with Crippen molar-refractivity contribution in [1.29, 1.82) is 0 Å². The van der Waals surface area contributed by atoms with Crippen molar-refractivity contribution in [1.82, 2.24) is 5.32 Å². The lowest BCUT2D eigenvalue weighted by molar-refractivity contribution is -0.128. The second-order valence-corrected chi connectivity index (χ2v) is 4.96. The van der Waals surface area contributed by atoms with Gasteiger partial charge in [0, 0.05) is 6.61 Å². The zero-order valence-electron chi connectivity index (χ0n) is 10.9. The molecule has 0 spiro atoms. The predicted molar refractivity (Wildman–Crippen MR) is 71.3 cm³/mol. The Morgan fingerprint density at radius 2 is 2.26 bits per heavy atom. The van der Waals surface area contributed by atoms with Crippen LogP contribution in [0.1, 0.15) is 13.3 Å². The third-order valence-electron chi connectivity index (χ3n) is 3.63. The first-order valence-electron chi connectivity index (χ1n) is 6.65. The molecule has 5 heteroatoms. The van der Waals surface area contributed by atoms with Crippen molar-refractivity contribution in [3.05, 3.63) is 24.3 Å². The van der Waals surface area contributed by atoms with Gasteiger partial charge < -0.3 is 20.1 Å². The molecule has 0 aliphatic carbocycles. The molecule has 1 aromatic rings. The second kappa shape index (κ2) is 5.09. The van der Waals surface area contributed by atoms with Crippen LogP contribution in [0.5, 0.6) is 5.75 Å². The average molecular weight is 262 g/mol. The van der Waals surface area contributed by atoms with Gasteiger partial charge in [-0.1, -0.05) is 12.1 Å². The fourth-order valence-corrected chi connectivity index (χ4v) is 2.46. The molecular formula is C14H18N2O3. The average Bonchev–Trinajstić information content (AvgIpc) is 2.84. The fourth-order valence-electron chi connectivity index (χ4n) is 2.46. The molecule has 1 aromatic carbocycles. The molecule has 2 N–H and O–H groups in total. The van der Waals surface area contributed by atoms with Gasteiger partial charge in [-0.05, 0) is 25.5 Å². The SMILES string of the molecule is CC1OCCC1NC(=O)C1CNc2ccccc2O1. The Labute approximate surface area is 112 Å².